The van der Waals surface area contributed by atoms with Crippen LogP contribution in [0.3, 0.4) is 0 Å². The van der Waals surface area contributed by atoms with Crippen molar-refractivity contribution in [3.63, 3.8) is 0 Å². The zero-order valence-electron chi connectivity index (χ0n) is 9.28. The molecule has 0 aliphatic rings. The molecule has 15 heavy (non-hydrogen) atoms. The fourth-order valence-electron chi connectivity index (χ4n) is 1.78. The van der Waals surface area contributed by atoms with E-state index in [2.05, 4.69) is 25.8 Å². The molecule has 2 rings (SSSR count). The number of pyridine rings is 1. The van der Waals surface area contributed by atoms with Gasteiger partial charge >= 0.3 is 0 Å². The zero-order chi connectivity index (χ0) is 11.1. The monoisotopic (exact) mass is 201 g/mol. The van der Waals surface area contributed by atoms with Gasteiger partial charge in [0.05, 0.1) is 11.9 Å². The minimum absolute atomic E-state index is 0.00664. The lowest BCUT2D eigenvalue weighted by molar-refractivity contribution is 0.477. The molecule has 0 aliphatic heterocycles. The van der Waals surface area contributed by atoms with Gasteiger partial charge in [-0.05, 0) is 0 Å². The molecule has 0 saturated heterocycles. The molecule has 0 amide bonds. The number of benzene rings is 1. The first-order chi connectivity index (χ1) is 7.00. The minimum atomic E-state index is -0.00664. The maximum Gasteiger partial charge on any atom is 0.141 e. The van der Waals surface area contributed by atoms with Crippen molar-refractivity contribution in [1.29, 1.82) is 0 Å². The van der Waals surface area contributed by atoms with E-state index in [1.165, 1.54) is 6.20 Å². The van der Waals surface area contributed by atoms with Crippen molar-refractivity contribution in [2.24, 2.45) is 0 Å². The van der Waals surface area contributed by atoms with Crippen LogP contribution in [0.1, 0.15) is 26.5 Å². The van der Waals surface area contributed by atoms with E-state index in [1.807, 2.05) is 24.3 Å². The smallest absolute Gasteiger partial charge is 0.141 e. The Morgan fingerprint density at radius 1 is 1.07 bits per heavy atom. The van der Waals surface area contributed by atoms with Crippen LogP contribution in [0.4, 0.5) is 0 Å². The maximum absolute atomic E-state index is 9.70. The van der Waals surface area contributed by atoms with Crippen molar-refractivity contribution in [3.05, 3.63) is 36.2 Å². The van der Waals surface area contributed by atoms with Gasteiger partial charge in [-0.1, -0.05) is 45.0 Å². The molecule has 0 fully saturated rings. The normalized spacial score (nSPS) is 11.9. The largest absolute Gasteiger partial charge is 0.506 e. The van der Waals surface area contributed by atoms with Crippen molar-refractivity contribution in [2.45, 2.75) is 26.2 Å². The highest BCUT2D eigenvalue weighted by molar-refractivity contribution is 5.90. The highest BCUT2D eigenvalue weighted by atomic mass is 16.3. The molecular formula is C13H15NO. The van der Waals surface area contributed by atoms with Gasteiger partial charge in [-0.25, -0.2) is 0 Å². The van der Waals surface area contributed by atoms with Crippen LogP contribution >= 0.6 is 0 Å². The molecule has 1 aromatic carbocycles. The number of aromatic nitrogens is 1. The second-order valence-electron chi connectivity index (χ2n) is 4.79. The fourth-order valence-corrected chi connectivity index (χ4v) is 1.78. The van der Waals surface area contributed by atoms with Gasteiger partial charge in [-0.3, -0.25) is 4.98 Å². The molecule has 0 aliphatic carbocycles. The van der Waals surface area contributed by atoms with Gasteiger partial charge in [0, 0.05) is 16.2 Å². The Balaban J connectivity index is 2.84. The molecule has 1 heterocycles. The number of aromatic hydroxyl groups is 1. The van der Waals surface area contributed by atoms with Crippen molar-refractivity contribution in [2.75, 3.05) is 0 Å². The summed E-state index contributed by atoms with van der Waals surface area (Å²) in [5, 5.41) is 11.6. The Morgan fingerprint density at radius 2 is 1.67 bits per heavy atom. The zero-order valence-corrected chi connectivity index (χ0v) is 9.28. The van der Waals surface area contributed by atoms with E-state index < -0.39 is 0 Å². The molecule has 2 heteroatoms. The van der Waals surface area contributed by atoms with Gasteiger partial charge in [0.1, 0.15) is 5.75 Å². The molecule has 1 N–H and O–H groups in total. The van der Waals surface area contributed by atoms with Gasteiger partial charge in [-0.15, -0.1) is 0 Å². The number of fused-ring (bicyclic) bond motifs is 1. The van der Waals surface area contributed by atoms with E-state index in [4.69, 9.17) is 0 Å². The van der Waals surface area contributed by atoms with Crippen LogP contribution < -0.4 is 0 Å². The number of nitrogens with zero attached hydrogens (tertiary/aromatic N) is 1. The summed E-state index contributed by atoms with van der Waals surface area (Å²) in [5.74, 6) is 0.249. The predicted octanol–water partition coefficient (Wildman–Crippen LogP) is 3.24. The Labute approximate surface area is 89.6 Å². The van der Waals surface area contributed by atoms with Gasteiger partial charge in [0.2, 0.25) is 0 Å². The number of hydrogen-bond donors (Lipinski definition) is 1. The van der Waals surface area contributed by atoms with E-state index in [-0.39, 0.29) is 11.2 Å². The van der Waals surface area contributed by atoms with Crippen molar-refractivity contribution in [1.82, 2.24) is 4.98 Å². The van der Waals surface area contributed by atoms with Crippen molar-refractivity contribution in [3.8, 4) is 5.75 Å². The highest BCUT2D eigenvalue weighted by Gasteiger charge is 2.19. The molecule has 0 bridgehead atoms. The average molecular weight is 201 g/mol. The van der Waals surface area contributed by atoms with Crippen LogP contribution in [0, 0.1) is 0 Å². The summed E-state index contributed by atoms with van der Waals surface area (Å²) in [6, 6.07) is 7.82. The summed E-state index contributed by atoms with van der Waals surface area (Å²) < 4.78 is 0. The SMILES string of the molecule is CC(C)(C)c1ncc(O)c2ccccc12. The summed E-state index contributed by atoms with van der Waals surface area (Å²) in [6.45, 7) is 6.37. The third-order valence-electron chi connectivity index (χ3n) is 2.48. The number of hydrogen-bond acceptors (Lipinski definition) is 2. The Hall–Kier alpha value is -1.57. The molecule has 2 aromatic rings. The van der Waals surface area contributed by atoms with Crippen LogP contribution in [0.2, 0.25) is 0 Å². The first-order valence-corrected chi connectivity index (χ1v) is 5.07. The highest BCUT2D eigenvalue weighted by Crippen LogP contribution is 2.31. The summed E-state index contributed by atoms with van der Waals surface area (Å²) in [6.07, 6.45) is 1.53. The lowest BCUT2D eigenvalue weighted by Gasteiger charge is -2.20. The quantitative estimate of drug-likeness (QED) is 0.709. The molecule has 0 saturated carbocycles. The van der Waals surface area contributed by atoms with Crippen LogP contribution in [-0.2, 0) is 5.41 Å². The van der Waals surface area contributed by atoms with Crippen molar-refractivity contribution < 1.29 is 5.11 Å². The molecule has 0 unspecified atom stereocenters. The maximum atomic E-state index is 9.70. The molecule has 2 nitrogen and oxygen atoms in total. The minimum Gasteiger partial charge on any atom is -0.506 e. The lowest BCUT2D eigenvalue weighted by atomic mass is 9.88. The first-order valence-electron chi connectivity index (χ1n) is 5.07. The molecule has 0 radical (unpaired) electrons. The van der Waals surface area contributed by atoms with Gasteiger partial charge < -0.3 is 5.11 Å². The Morgan fingerprint density at radius 3 is 2.27 bits per heavy atom. The molecule has 78 valence electrons. The van der Waals surface area contributed by atoms with Crippen LogP contribution in [-0.4, -0.2) is 10.1 Å². The van der Waals surface area contributed by atoms with Gasteiger partial charge in [-0.2, -0.15) is 0 Å². The summed E-state index contributed by atoms with van der Waals surface area (Å²) >= 11 is 0. The first kappa shape index (κ1) is 9.97. The predicted molar refractivity (Wildman–Crippen MR) is 62.1 cm³/mol. The van der Waals surface area contributed by atoms with Gasteiger partial charge in [0.25, 0.3) is 0 Å². The molecule has 0 atom stereocenters. The topological polar surface area (TPSA) is 33.1 Å². The van der Waals surface area contributed by atoms with E-state index in [9.17, 15) is 5.11 Å². The molecular weight excluding hydrogens is 186 g/mol. The third-order valence-corrected chi connectivity index (χ3v) is 2.48. The Kier molecular flexibility index (Phi) is 2.14. The second kappa shape index (κ2) is 3.23. The second-order valence-corrected chi connectivity index (χ2v) is 4.79. The molecule has 1 aromatic heterocycles. The lowest BCUT2D eigenvalue weighted by Crippen LogP contribution is -2.13. The molecule has 0 spiro atoms. The summed E-state index contributed by atoms with van der Waals surface area (Å²) in [5.41, 5.74) is 1.02. The van der Waals surface area contributed by atoms with Crippen LogP contribution in [0.25, 0.3) is 10.8 Å². The van der Waals surface area contributed by atoms with Crippen LogP contribution in [0.5, 0.6) is 5.75 Å². The third kappa shape index (κ3) is 1.67. The standard InChI is InChI=1S/C13H15NO/c1-13(2,3)12-10-7-5-4-6-9(10)11(15)8-14-12/h4-8,15H,1-3H3. The van der Waals surface area contributed by atoms with E-state index >= 15 is 0 Å². The van der Waals surface area contributed by atoms with E-state index in [1.54, 1.807) is 0 Å². The van der Waals surface area contributed by atoms with Gasteiger partial charge in [0.15, 0.2) is 0 Å². The van der Waals surface area contributed by atoms with Crippen molar-refractivity contribution >= 4 is 10.8 Å². The fraction of sp³-hybridized carbons (Fsp3) is 0.308. The summed E-state index contributed by atoms with van der Waals surface area (Å²) in [7, 11) is 0. The Bertz CT molecular complexity index is 497. The summed E-state index contributed by atoms with van der Waals surface area (Å²) in [4.78, 5) is 4.33. The van der Waals surface area contributed by atoms with E-state index in [0.29, 0.717) is 0 Å². The number of rotatable bonds is 0. The average Bonchev–Trinajstić information content (AvgIpc) is 2.17. The van der Waals surface area contributed by atoms with E-state index in [0.717, 1.165) is 16.5 Å². The van der Waals surface area contributed by atoms with Crippen LogP contribution in [0.15, 0.2) is 30.5 Å².